The number of aromatic nitrogens is 2. The van der Waals surface area contributed by atoms with Crippen LogP contribution < -0.4 is 0 Å². The monoisotopic (exact) mass is 317 g/mol. The number of hydrogen-bond acceptors (Lipinski definition) is 4. The summed E-state index contributed by atoms with van der Waals surface area (Å²) in [5, 5.41) is 9.37. The minimum atomic E-state index is -0.994. The lowest BCUT2D eigenvalue weighted by Crippen LogP contribution is -2.49. The van der Waals surface area contributed by atoms with E-state index in [9.17, 15) is 14.7 Å². The van der Waals surface area contributed by atoms with Gasteiger partial charge in [-0.2, -0.15) is 0 Å². The van der Waals surface area contributed by atoms with Crippen molar-refractivity contribution in [1.29, 1.82) is 0 Å². The number of nitrogens with zero attached hydrogens (tertiary/aromatic N) is 2. The third-order valence-corrected chi connectivity index (χ3v) is 4.61. The zero-order chi connectivity index (χ0) is 15.5. The van der Waals surface area contributed by atoms with E-state index in [4.69, 9.17) is 0 Å². The highest BCUT2D eigenvalue weighted by molar-refractivity contribution is 8.00. The van der Waals surface area contributed by atoms with E-state index in [-0.39, 0.29) is 24.6 Å². The number of nitrogens with one attached hydrogen (secondary N) is 1. The van der Waals surface area contributed by atoms with E-state index in [2.05, 4.69) is 9.97 Å². The van der Waals surface area contributed by atoms with Crippen LogP contribution in [0.5, 0.6) is 0 Å². The molecule has 0 fully saturated rings. The van der Waals surface area contributed by atoms with Gasteiger partial charge in [-0.15, -0.1) is 11.8 Å². The summed E-state index contributed by atoms with van der Waals surface area (Å²) < 4.78 is 0. The van der Waals surface area contributed by atoms with Gasteiger partial charge in [0.25, 0.3) is 0 Å². The van der Waals surface area contributed by atoms with Gasteiger partial charge >= 0.3 is 5.97 Å². The summed E-state index contributed by atoms with van der Waals surface area (Å²) in [4.78, 5) is 33.4. The minimum absolute atomic E-state index is 0.179. The van der Waals surface area contributed by atoms with Crippen LogP contribution in [0.4, 0.5) is 0 Å². The molecule has 2 aromatic rings. The molecule has 6 nitrogen and oxygen atoms in total. The summed E-state index contributed by atoms with van der Waals surface area (Å²) in [6, 6.07) is 8.73. The van der Waals surface area contributed by atoms with E-state index in [1.807, 2.05) is 30.3 Å². The number of hydrogen-bond donors (Lipinski definition) is 2. The third kappa shape index (κ3) is 2.99. The predicted octanol–water partition coefficient (Wildman–Crippen LogP) is 1.54. The molecule has 0 aliphatic carbocycles. The number of aliphatic carboxylic acids is 1. The van der Waals surface area contributed by atoms with Crippen molar-refractivity contribution in [1.82, 2.24) is 14.9 Å². The Morgan fingerprint density at radius 3 is 2.86 bits per heavy atom. The van der Waals surface area contributed by atoms with Crippen LogP contribution >= 0.6 is 11.8 Å². The highest BCUT2D eigenvalue weighted by atomic mass is 32.2. The zero-order valence-electron chi connectivity index (χ0n) is 11.7. The highest BCUT2D eigenvalue weighted by Crippen LogP contribution is 2.23. The van der Waals surface area contributed by atoms with E-state index in [0.29, 0.717) is 0 Å². The van der Waals surface area contributed by atoms with Gasteiger partial charge < -0.3 is 15.0 Å². The Bertz CT molecular complexity index is 686. The van der Waals surface area contributed by atoms with E-state index < -0.39 is 12.0 Å². The lowest BCUT2D eigenvalue weighted by molar-refractivity contribution is -0.150. The molecule has 0 saturated heterocycles. The molecule has 1 aliphatic rings. The molecule has 1 aromatic carbocycles. The maximum absolute atomic E-state index is 12.4. The van der Waals surface area contributed by atoms with Gasteiger partial charge in [-0.1, -0.05) is 18.2 Å². The molecule has 7 heteroatoms. The van der Waals surface area contributed by atoms with Crippen LogP contribution in [0.2, 0.25) is 0 Å². The van der Waals surface area contributed by atoms with Gasteiger partial charge in [-0.05, 0) is 12.1 Å². The molecular weight excluding hydrogens is 302 g/mol. The number of thioether (sulfide) groups is 1. The number of fused-ring (bicyclic) bond motifs is 1. The van der Waals surface area contributed by atoms with Crippen molar-refractivity contribution >= 4 is 23.6 Å². The summed E-state index contributed by atoms with van der Waals surface area (Å²) in [6.07, 6.45) is 1.78. The molecule has 0 unspecified atom stereocenters. The van der Waals surface area contributed by atoms with E-state index in [1.54, 1.807) is 0 Å². The molecule has 0 radical (unpaired) electrons. The number of benzene rings is 1. The average Bonchev–Trinajstić information content (AvgIpc) is 2.99. The second-order valence-electron chi connectivity index (χ2n) is 5.01. The van der Waals surface area contributed by atoms with E-state index in [0.717, 1.165) is 16.3 Å². The maximum atomic E-state index is 12.4. The number of aromatic amines is 1. The molecule has 2 N–H and O–H groups in total. The summed E-state index contributed by atoms with van der Waals surface area (Å²) in [5.74, 6) is -0.953. The normalized spacial score (nSPS) is 17.1. The van der Waals surface area contributed by atoms with Gasteiger partial charge in [-0.25, -0.2) is 9.78 Å². The number of carbonyl (C=O) groups is 2. The molecule has 1 aliphatic heterocycles. The van der Waals surface area contributed by atoms with Crippen LogP contribution in [0.15, 0.2) is 41.6 Å². The molecule has 2 heterocycles. The van der Waals surface area contributed by atoms with Crippen molar-refractivity contribution < 1.29 is 14.7 Å². The predicted molar refractivity (Wildman–Crippen MR) is 81.4 cm³/mol. The van der Waals surface area contributed by atoms with Crippen molar-refractivity contribution in [3.63, 3.8) is 0 Å². The third-order valence-electron chi connectivity index (χ3n) is 3.61. The highest BCUT2D eigenvalue weighted by Gasteiger charge is 2.35. The summed E-state index contributed by atoms with van der Waals surface area (Å²) in [7, 11) is 0. The number of imidazole rings is 1. The second-order valence-corrected chi connectivity index (χ2v) is 6.06. The Morgan fingerprint density at radius 2 is 2.14 bits per heavy atom. The van der Waals surface area contributed by atoms with Crippen LogP contribution in [0.1, 0.15) is 11.4 Å². The van der Waals surface area contributed by atoms with Crippen molar-refractivity contribution in [2.75, 3.05) is 5.75 Å². The first-order valence-electron chi connectivity index (χ1n) is 6.86. The molecule has 0 saturated carbocycles. The quantitative estimate of drug-likeness (QED) is 0.835. The zero-order valence-corrected chi connectivity index (χ0v) is 12.5. The molecule has 3 rings (SSSR count). The topological polar surface area (TPSA) is 86.3 Å². The first-order chi connectivity index (χ1) is 10.6. The Kier molecular flexibility index (Phi) is 4.15. The van der Waals surface area contributed by atoms with Gasteiger partial charge in [0.1, 0.15) is 6.04 Å². The summed E-state index contributed by atoms with van der Waals surface area (Å²) >= 11 is 1.41. The number of H-pyrrole nitrogens is 1. The van der Waals surface area contributed by atoms with Crippen LogP contribution in [0.3, 0.4) is 0 Å². The fourth-order valence-electron chi connectivity index (χ4n) is 2.46. The number of carbonyl (C=O) groups excluding carboxylic acids is 1. The molecule has 1 aromatic heterocycles. The fraction of sp³-hybridized carbons (Fsp3) is 0.267. The smallest absolute Gasteiger partial charge is 0.326 e. The first kappa shape index (κ1) is 14.6. The first-order valence-corrected chi connectivity index (χ1v) is 7.85. The van der Waals surface area contributed by atoms with Gasteiger partial charge in [0.2, 0.25) is 5.91 Å². The number of carboxylic acid groups (broad SMARTS) is 1. The largest absolute Gasteiger partial charge is 0.480 e. The number of amides is 1. The lowest BCUT2D eigenvalue weighted by Gasteiger charge is -2.32. The molecule has 0 spiro atoms. The molecule has 1 atom stereocenters. The van der Waals surface area contributed by atoms with Crippen LogP contribution in [0, 0.1) is 0 Å². The Labute approximate surface area is 131 Å². The Morgan fingerprint density at radius 1 is 1.36 bits per heavy atom. The van der Waals surface area contributed by atoms with Gasteiger partial charge in [0.15, 0.2) is 0 Å². The lowest BCUT2D eigenvalue weighted by atomic mass is 10.0. The van der Waals surface area contributed by atoms with Gasteiger partial charge in [0, 0.05) is 11.3 Å². The van der Waals surface area contributed by atoms with Crippen molar-refractivity contribution in [3.8, 4) is 0 Å². The summed E-state index contributed by atoms with van der Waals surface area (Å²) in [5.41, 5.74) is 1.54. The standard InChI is InChI=1S/C15H15N3O3S/c19-14(8-22-10-4-2-1-3-5-10)18-7-12-11(16-9-17-12)6-13(18)15(20)21/h1-5,9,13H,6-8H2,(H,16,17)(H,20,21)/t13-/m0/s1. The fourth-order valence-corrected chi connectivity index (χ4v) is 3.27. The van der Waals surface area contributed by atoms with Crippen LogP contribution in [0.25, 0.3) is 0 Å². The molecule has 1 amide bonds. The average molecular weight is 317 g/mol. The number of carboxylic acids is 1. The summed E-state index contributed by atoms with van der Waals surface area (Å²) in [6.45, 7) is 0.264. The van der Waals surface area contributed by atoms with Crippen molar-refractivity contribution in [2.45, 2.75) is 23.9 Å². The molecule has 0 bridgehead atoms. The minimum Gasteiger partial charge on any atom is -0.480 e. The van der Waals surface area contributed by atoms with Gasteiger partial charge in [-0.3, -0.25) is 4.79 Å². The van der Waals surface area contributed by atoms with E-state index in [1.165, 1.54) is 23.0 Å². The molecule has 22 heavy (non-hydrogen) atoms. The maximum Gasteiger partial charge on any atom is 0.326 e. The Hall–Kier alpha value is -2.28. The second kappa shape index (κ2) is 6.23. The molecular formula is C15H15N3O3S. The van der Waals surface area contributed by atoms with Crippen LogP contribution in [-0.2, 0) is 22.6 Å². The van der Waals surface area contributed by atoms with Gasteiger partial charge in [0.05, 0.1) is 30.0 Å². The molecule has 114 valence electrons. The number of rotatable bonds is 4. The van der Waals surface area contributed by atoms with Crippen molar-refractivity contribution in [3.05, 3.63) is 48.0 Å². The van der Waals surface area contributed by atoms with Crippen molar-refractivity contribution in [2.24, 2.45) is 0 Å². The Balaban J connectivity index is 1.71. The van der Waals surface area contributed by atoms with Crippen LogP contribution in [-0.4, -0.2) is 43.6 Å². The SMILES string of the molecule is O=C(O)[C@@H]1Cc2nc[nH]c2CN1C(=O)CSc1ccccc1. The van der Waals surface area contributed by atoms with E-state index >= 15 is 0 Å².